The van der Waals surface area contributed by atoms with Gasteiger partial charge in [0.15, 0.2) is 0 Å². The maximum atomic E-state index is 11.2. The van der Waals surface area contributed by atoms with Crippen molar-refractivity contribution >= 4 is 23.1 Å². The molecule has 1 heterocycles. The summed E-state index contributed by atoms with van der Waals surface area (Å²) in [6.07, 6.45) is -0.507. The Balaban J connectivity index is 2.09. The molecule has 0 spiro atoms. The van der Waals surface area contributed by atoms with Crippen molar-refractivity contribution in [1.29, 1.82) is 5.41 Å². The SMILES string of the molecule is CCNC(=O)OCC(=N)c1sc(-c2ccccc2)nc1C. The summed E-state index contributed by atoms with van der Waals surface area (Å²) in [7, 11) is 0. The smallest absolute Gasteiger partial charge is 0.407 e. The van der Waals surface area contributed by atoms with E-state index in [0.29, 0.717) is 6.54 Å². The van der Waals surface area contributed by atoms with Gasteiger partial charge in [0.05, 0.1) is 16.3 Å². The van der Waals surface area contributed by atoms with Crippen molar-refractivity contribution in [2.75, 3.05) is 13.2 Å². The predicted octanol–water partition coefficient (Wildman–Crippen LogP) is 3.23. The third-order valence-electron chi connectivity index (χ3n) is 2.76. The van der Waals surface area contributed by atoms with Crippen molar-refractivity contribution in [3.8, 4) is 10.6 Å². The van der Waals surface area contributed by atoms with Crippen LogP contribution in [0.25, 0.3) is 10.6 Å². The van der Waals surface area contributed by atoms with Crippen LogP contribution in [-0.2, 0) is 4.74 Å². The molecule has 0 aliphatic rings. The first-order chi connectivity index (χ1) is 10.1. The predicted molar refractivity (Wildman–Crippen MR) is 84.1 cm³/mol. The van der Waals surface area contributed by atoms with Crippen LogP contribution in [0.4, 0.5) is 4.79 Å². The normalized spacial score (nSPS) is 10.2. The van der Waals surface area contributed by atoms with Gasteiger partial charge in [0.1, 0.15) is 11.6 Å². The van der Waals surface area contributed by atoms with Crippen molar-refractivity contribution in [2.45, 2.75) is 13.8 Å². The second kappa shape index (κ2) is 6.99. The Labute approximate surface area is 127 Å². The van der Waals surface area contributed by atoms with E-state index < -0.39 is 6.09 Å². The number of alkyl carbamates (subject to hydrolysis) is 1. The van der Waals surface area contributed by atoms with Crippen LogP contribution in [0.5, 0.6) is 0 Å². The lowest BCUT2D eigenvalue weighted by atomic mass is 10.2. The molecule has 0 unspecified atom stereocenters. The number of ether oxygens (including phenoxy) is 1. The minimum atomic E-state index is -0.507. The molecule has 21 heavy (non-hydrogen) atoms. The number of aromatic nitrogens is 1. The molecule has 1 aromatic heterocycles. The van der Waals surface area contributed by atoms with Gasteiger partial charge in [0.25, 0.3) is 0 Å². The van der Waals surface area contributed by atoms with Crippen molar-refractivity contribution in [1.82, 2.24) is 10.3 Å². The fourth-order valence-electron chi connectivity index (χ4n) is 1.78. The first kappa shape index (κ1) is 15.2. The minimum absolute atomic E-state index is 0.0525. The Morgan fingerprint density at radius 1 is 1.38 bits per heavy atom. The summed E-state index contributed by atoms with van der Waals surface area (Å²) in [4.78, 5) is 16.5. The summed E-state index contributed by atoms with van der Waals surface area (Å²) in [5.41, 5.74) is 2.07. The molecule has 1 amide bonds. The largest absolute Gasteiger partial charge is 0.443 e. The fourth-order valence-corrected chi connectivity index (χ4v) is 2.78. The molecule has 0 atom stereocenters. The standard InChI is InChI=1S/C15H17N3O2S/c1-3-17-15(19)20-9-12(16)13-10(2)18-14(21-13)11-7-5-4-6-8-11/h4-8,16H,3,9H2,1-2H3,(H,17,19). The fraction of sp³-hybridized carbons (Fsp3) is 0.267. The lowest BCUT2D eigenvalue weighted by molar-refractivity contribution is 0.162. The summed E-state index contributed by atoms with van der Waals surface area (Å²) in [6.45, 7) is 4.12. The van der Waals surface area contributed by atoms with Crippen LogP contribution in [0.2, 0.25) is 0 Å². The van der Waals surface area contributed by atoms with Crippen molar-refractivity contribution in [3.63, 3.8) is 0 Å². The number of carbonyl (C=O) groups excluding carboxylic acids is 1. The molecule has 0 fully saturated rings. The average Bonchev–Trinajstić information content (AvgIpc) is 2.88. The van der Waals surface area contributed by atoms with Crippen LogP contribution >= 0.6 is 11.3 Å². The summed E-state index contributed by atoms with van der Waals surface area (Å²) >= 11 is 1.44. The van der Waals surface area contributed by atoms with Gasteiger partial charge in [-0.2, -0.15) is 0 Å². The van der Waals surface area contributed by atoms with E-state index in [-0.39, 0.29) is 12.3 Å². The number of rotatable bonds is 5. The van der Waals surface area contributed by atoms with E-state index >= 15 is 0 Å². The molecular weight excluding hydrogens is 286 g/mol. The zero-order chi connectivity index (χ0) is 15.2. The maximum Gasteiger partial charge on any atom is 0.407 e. The monoisotopic (exact) mass is 303 g/mol. The average molecular weight is 303 g/mol. The van der Waals surface area contributed by atoms with E-state index in [0.717, 1.165) is 21.1 Å². The number of benzene rings is 1. The van der Waals surface area contributed by atoms with Gasteiger partial charge in [0, 0.05) is 12.1 Å². The van der Waals surface area contributed by atoms with Gasteiger partial charge >= 0.3 is 6.09 Å². The molecule has 0 saturated heterocycles. The van der Waals surface area contributed by atoms with Gasteiger partial charge in [0.2, 0.25) is 0 Å². The number of hydrogen-bond donors (Lipinski definition) is 2. The highest BCUT2D eigenvalue weighted by Gasteiger charge is 2.14. The molecule has 2 rings (SSSR count). The molecule has 0 aliphatic carbocycles. The zero-order valence-corrected chi connectivity index (χ0v) is 12.8. The number of nitrogens with zero attached hydrogens (tertiary/aromatic N) is 1. The third-order valence-corrected chi connectivity index (χ3v) is 4.03. The molecule has 0 radical (unpaired) electrons. The number of thiazole rings is 1. The Hall–Kier alpha value is -2.21. The molecule has 5 nitrogen and oxygen atoms in total. The van der Waals surface area contributed by atoms with Crippen LogP contribution < -0.4 is 5.32 Å². The molecule has 0 bridgehead atoms. The van der Waals surface area contributed by atoms with Crippen LogP contribution in [0, 0.1) is 12.3 Å². The highest BCUT2D eigenvalue weighted by atomic mass is 32.1. The van der Waals surface area contributed by atoms with Crippen LogP contribution in [0.15, 0.2) is 30.3 Å². The second-order valence-corrected chi connectivity index (χ2v) is 5.38. The highest BCUT2D eigenvalue weighted by Crippen LogP contribution is 2.27. The summed E-state index contributed by atoms with van der Waals surface area (Å²) in [5, 5.41) is 11.4. The Kier molecular flexibility index (Phi) is 5.05. The first-order valence-electron chi connectivity index (χ1n) is 6.63. The van der Waals surface area contributed by atoms with Gasteiger partial charge < -0.3 is 15.5 Å². The molecule has 2 N–H and O–H groups in total. The van der Waals surface area contributed by atoms with E-state index in [2.05, 4.69) is 10.3 Å². The van der Waals surface area contributed by atoms with Crippen LogP contribution in [0.1, 0.15) is 17.5 Å². The van der Waals surface area contributed by atoms with Gasteiger partial charge in [-0.3, -0.25) is 0 Å². The minimum Gasteiger partial charge on any atom is -0.443 e. The van der Waals surface area contributed by atoms with Gasteiger partial charge in [-0.25, -0.2) is 9.78 Å². The van der Waals surface area contributed by atoms with Crippen molar-refractivity contribution in [2.24, 2.45) is 0 Å². The molecule has 0 aliphatic heterocycles. The Morgan fingerprint density at radius 3 is 2.76 bits per heavy atom. The maximum absolute atomic E-state index is 11.2. The van der Waals surface area contributed by atoms with E-state index in [1.807, 2.05) is 44.2 Å². The molecular formula is C15H17N3O2S. The second-order valence-electron chi connectivity index (χ2n) is 4.38. The first-order valence-corrected chi connectivity index (χ1v) is 7.44. The van der Waals surface area contributed by atoms with Gasteiger partial charge in [-0.15, -0.1) is 11.3 Å². The van der Waals surface area contributed by atoms with Crippen molar-refractivity contribution in [3.05, 3.63) is 40.9 Å². The van der Waals surface area contributed by atoms with Crippen molar-refractivity contribution < 1.29 is 9.53 Å². The van der Waals surface area contributed by atoms with Gasteiger partial charge in [-0.1, -0.05) is 30.3 Å². The Morgan fingerprint density at radius 2 is 2.10 bits per heavy atom. The summed E-state index contributed by atoms with van der Waals surface area (Å²) in [6, 6.07) is 9.82. The molecule has 2 aromatic rings. The van der Waals surface area contributed by atoms with Gasteiger partial charge in [-0.05, 0) is 13.8 Å². The zero-order valence-electron chi connectivity index (χ0n) is 12.0. The third kappa shape index (κ3) is 3.88. The number of hydrogen-bond acceptors (Lipinski definition) is 5. The molecule has 110 valence electrons. The summed E-state index contributed by atoms with van der Waals surface area (Å²) < 4.78 is 4.97. The van der Waals surface area contributed by atoms with E-state index in [1.54, 1.807) is 0 Å². The molecule has 6 heteroatoms. The molecule has 1 aromatic carbocycles. The van der Waals surface area contributed by atoms with E-state index in [9.17, 15) is 4.79 Å². The number of amides is 1. The van der Waals surface area contributed by atoms with E-state index in [4.69, 9.17) is 10.1 Å². The lowest BCUT2D eigenvalue weighted by Crippen LogP contribution is -2.26. The molecule has 0 saturated carbocycles. The van der Waals surface area contributed by atoms with E-state index in [1.165, 1.54) is 11.3 Å². The number of aryl methyl sites for hydroxylation is 1. The summed E-state index contributed by atoms with van der Waals surface area (Å²) in [5.74, 6) is 0. The van der Waals surface area contributed by atoms with Crippen LogP contribution in [0.3, 0.4) is 0 Å². The van der Waals surface area contributed by atoms with Crippen LogP contribution in [-0.4, -0.2) is 29.9 Å². The topological polar surface area (TPSA) is 75.1 Å². The number of nitrogens with one attached hydrogen (secondary N) is 2. The quantitative estimate of drug-likeness (QED) is 0.833. The highest BCUT2D eigenvalue weighted by molar-refractivity contribution is 7.17. The lowest BCUT2D eigenvalue weighted by Gasteiger charge is -2.05. The Bertz CT molecular complexity index is 638. The number of carbonyl (C=O) groups is 1.